The molecule has 0 aliphatic rings. The van der Waals surface area contributed by atoms with Gasteiger partial charge in [0.05, 0.1) is 36.6 Å². The summed E-state index contributed by atoms with van der Waals surface area (Å²) < 4.78 is 46.2. The maximum atomic E-state index is 13.4. The average Bonchev–Trinajstić information content (AvgIpc) is 2.98. The SMILES string of the molecule is CCCOCCOCCOc1ccc(NS(=O)(=O)c2cccc3cccnc23)c(C#Cc2ccc(C(=O)O)nc2)c1. The van der Waals surface area contributed by atoms with Crippen molar-refractivity contribution >= 4 is 32.6 Å². The molecular weight excluding hydrogens is 546 g/mol. The Morgan fingerprint density at radius 2 is 1.71 bits per heavy atom. The normalized spacial score (nSPS) is 11.0. The molecule has 0 spiro atoms. The van der Waals surface area contributed by atoms with Gasteiger partial charge in [-0.05, 0) is 48.9 Å². The van der Waals surface area contributed by atoms with E-state index in [-0.39, 0.29) is 22.9 Å². The fraction of sp³-hybridized carbons (Fsp3) is 0.233. The van der Waals surface area contributed by atoms with Crippen molar-refractivity contribution in [2.75, 3.05) is 37.8 Å². The van der Waals surface area contributed by atoms with Crippen LogP contribution in [0, 0.1) is 11.8 Å². The number of para-hydroxylation sites is 1. The summed E-state index contributed by atoms with van der Waals surface area (Å²) in [6.45, 7) is 4.32. The molecule has 0 radical (unpaired) electrons. The first-order valence-electron chi connectivity index (χ1n) is 12.9. The fourth-order valence-corrected chi connectivity index (χ4v) is 4.98. The van der Waals surface area contributed by atoms with Gasteiger partial charge in [-0.3, -0.25) is 9.71 Å². The Hall–Kier alpha value is -4.50. The lowest BCUT2D eigenvalue weighted by molar-refractivity contribution is 0.0366. The summed E-state index contributed by atoms with van der Waals surface area (Å²) in [5, 5.41) is 9.76. The number of aromatic nitrogens is 2. The molecule has 0 unspecified atom stereocenters. The lowest BCUT2D eigenvalue weighted by atomic mass is 10.1. The zero-order valence-electron chi connectivity index (χ0n) is 22.4. The second kappa shape index (κ2) is 14.2. The van der Waals surface area contributed by atoms with Gasteiger partial charge >= 0.3 is 5.97 Å². The minimum absolute atomic E-state index is 0.0309. The average molecular weight is 576 g/mol. The number of pyridine rings is 2. The number of rotatable bonds is 13. The Morgan fingerprint density at radius 1 is 0.927 bits per heavy atom. The van der Waals surface area contributed by atoms with Crippen LogP contribution < -0.4 is 9.46 Å². The summed E-state index contributed by atoms with van der Waals surface area (Å²) in [6, 6.07) is 16.2. The van der Waals surface area contributed by atoms with Gasteiger partial charge in [-0.2, -0.15) is 0 Å². The maximum absolute atomic E-state index is 13.4. The number of benzene rings is 2. The third-order valence-electron chi connectivity index (χ3n) is 5.66. The lowest BCUT2D eigenvalue weighted by Gasteiger charge is -2.13. The molecule has 0 aliphatic carbocycles. The zero-order valence-corrected chi connectivity index (χ0v) is 23.2. The molecule has 0 bridgehead atoms. The molecule has 0 amide bonds. The highest BCUT2D eigenvalue weighted by Crippen LogP contribution is 2.27. The Morgan fingerprint density at radius 3 is 2.46 bits per heavy atom. The summed E-state index contributed by atoms with van der Waals surface area (Å²) in [6.07, 6.45) is 3.82. The van der Waals surface area contributed by atoms with Crippen molar-refractivity contribution in [2.45, 2.75) is 18.2 Å². The summed E-state index contributed by atoms with van der Waals surface area (Å²) in [5.41, 5.74) is 1.27. The molecule has 2 N–H and O–H groups in total. The summed E-state index contributed by atoms with van der Waals surface area (Å²) in [7, 11) is -4.04. The monoisotopic (exact) mass is 575 g/mol. The van der Waals surface area contributed by atoms with Gasteiger partial charge in [-0.1, -0.05) is 37.0 Å². The number of carboxylic acid groups (broad SMARTS) is 1. The first-order valence-corrected chi connectivity index (χ1v) is 14.4. The first kappa shape index (κ1) is 29.5. The van der Waals surface area contributed by atoms with E-state index in [2.05, 4.69) is 26.5 Å². The molecule has 212 valence electrons. The Labute approximate surface area is 238 Å². The van der Waals surface area contributed by atoms with Crippen molar-refractivity contribution in [2.24, 2.45) is 0 Å². The van der Waals surface area contributed by atoms with Crippen molar-refractivity contribution in [3.8, 4) is 17.6 Å². The van der Waals surface area contributed by atoms with E-state index in [1.165, 1.54) is 30.6 Å². The van der Waals surface area contributed by atoms with Crippen LogP contribution in [0.4, 0.5) is 5.69 Å². The highest BCUT2D eigenvalue weighted by Gasteiger charge is 2.20. The molecule has 2 heterocycles. The molecule has 2 aromatic heterocycles. The number of anilines is 1. The van der Waals surface area contributed by atoms with Gasteiger partial charge in [0.2, 0.25) is 0 Å². The van der Waals surface area contributed by atoms with E-state index in [9.17, 15) is 13.2 Å². The summed E-state index contributed by atoms with van der Waals surface area (Å²) in [4.78, 5) is 19.3. The van der Waals surface area contributed by atoms with Crippen LogP contribution in [0.1, 0.15) is 35.0 Å². The quantitative estimate of drug-likeness (QED) is 0.176. The fourth-order valence-electron chi connectivity index (χ4n) is 3.72. The summed E-state index contributed by atoms with van der Waals surface area (Å²) >= 11 is 0. The number of carbonyl (C=O) groups is 1. The van der Waals surface area contributed by atoms with E-state index in [0.717, 1.165) is 6.42 Å². The van der Waals surface area contributed by atoms with Gasteiger partial charge in [0.25, 0.3) is 10.0 Å². The van der Waals surface area contributed by atoms with Gasteiger partial charge in [-0.25, -0.2) is 18.2 Å². The molecule has 4 rings (SSSR count). The second-order valence-corrected chi connectivity index (χ2v) is 10.4. The van der Waals surface area contributed by atoms with Crippen LogP contribution >= 0.6 is 0 Å². The van der Waals surface area contributed by atoms with Crippen LogP contribution in [0.25, 0.3) is 10.9 Å². The van der Waals surface area contributed by atoms with E-state index in [4.69, 9.17) is 19.3 Å². The molecule has 10 nitrogen and oxygen atoms in total. The van der Waals surface area contributed by atoms with Crippen LogP contribution in [0.15, 0.2) is 78.0 Å². The Balaban J connectivity index is 1.57. The third kappa shape index (κ3) is 8.25. The number of nitrogens with one attached hydrogen (secondary N) is 1. The van der Waals surface area contributed by atoms with Crippen molar-refractivity contribution in [1.29, 1.82) is 0 Å². The van der Waals surface area contributed by atoms with Gasteiger partial charge < -0.3 is 19.3 Å². The number of hydrogen-bond acceptors (Lipinski definition) is 8. The standard InChI is InChI=1S/C30H29N3O7S/c1-2-15-38-16-17-39-18-19-40-25-11-13-26(24(20-25)10-8-22-9-12-27(30(34)35)32-21-22)33-41(36,37)28-7-3-5-23-6-4-14-31-29(23)28/h3-7,9,11-14,20-21,33H,2,15-19H2,1H3,(H,34,35). The minimum atomic E-state index is -4.04. The van der Waals surface area contributed by atoms with E-state index in [1.54, 1.807) is 42.5 Å². The topological polar surface area (TPSA) is 137 Å². The Kier molecular flexibility index (Phi) is 10.2. The van der Waals surface area contributed by atoms with Gasteiger partial charge in [0.1, 0.15) is 22.9 Å². The molecule has 0 atom stereocenters. The minimum Gasteiger partial charge on any atom is -0.491 e. The Bertz CT molecular complexity index is 1660. The van der Waals surface area contributed by atoms with Crippen LogP contribution in [-0.2, 0) is 19.5 Å². The molecule has 0 saturated carbocycles. The van der Waals surface area contributed by atoms with Crippen LogP contribution in [0.2, 0.25) is 0 Å². The molecular formula is C30H29N3O7S. The molecule has 4 aromatic rings. The number of hydrogen-bond donors (Lipinski definition) is 2. The highest BCUT2D eigenvalue weighted by atomic mass is 32.2. The second-order valence-electron chi connectivity index (χ2n) is 8.70. The molecule has 0 aliphatic heterocycles. The molecule has 41 heavy (non-hydrogen) atoms. The first-order chi connectivity index (χ1) is 19.9. The number of sulfonamides is 1. The number of carboxylic acids is 1. The van der Waals surface area contributed by atoms with E-state index in [0.29, 0.717) is 54.2 Å². The van der Waals surface area contributed by atoms with Crippen LogP contribution in [0.3, 0.4) is 0 Å². The smallest absolute Gasteiger partial charge is 0.354 e. The van der Waals surface area contributed by atoms with Gasteiger partial charge in [-0.15, -0.1) is 0 Å². The number of fused-ring (bicyclic) bond motifs is 1. The molecule has 11 heteroatoms. The third-order valence-corrected chi connectivity index (χ3v) is 7.06. The van der Waals surface area contributed by atoms with Crippen molar-refractivity contribution in [3.05, 3.63) is 89.9 Å². The summed E-state index contributed by atoms with van der Waals surface area (Å²) in [5.74, 6) is 5.18. The van der Waals surface area contributed by atoms with Gasteiger partial charge in [0, 0.05) is 30.0 Å². The predicted molar refractivity (Wildman–Crippen MR) is 154 cm³/mol. The van der Waals surface area contributed by atoms with Crippen LogP contribution in [0.5, 0.6) is 5.75 Å². The van der Waals surface area contributed by atoms with Crippen molar-refractivity contribution in [1.82, 2.24) is 9.97 Å². The zero-order chi connectivity index (χ0) is 29.1. The van der Waals surface area contributed by atoms with E-state index >= 15 is 0 Å². The number of nitrogens with zero attached hydrogens (tertiary/aromatic N) is 2. The van der Waals surface area contributed by atoms with E-state index < -0.39 is 16.0 Å². The maximum Gasteiger partial charge on any atom is 0.354 e. The number of ether oxygens (including phenoxy) is 3. The van der Waals surface area contributed by atoms with E-state index in [1.807, 2.05) is 6.92 Å². The number of aromatic carboxylic acids is 1. The highest BCUT2D eigenvalue weighted by molar-refractivity contribution is 7.93. The van der Waals surface area contributed by atoms with Crippen molar-refractivity contribution < 1.29 is 32.5 Å². The largest absolute Gasteiger partial charge is 0.491 e. The lowest BCUT2D eigenvalue weighted by Crippen LogP contribution is -2.15. The van der Waals surface area contributed by atoms with Gasteiger partial charge in [0.15, 0.2) is 0 Å². The molecule has 2 aromatic carbocycles. The molecule has 0 fully saturated rings. The predicted octanol–water partition coefficient (Wildman–Crippen LogP) is 4.35. The van der Waals surface area contributed by atoms with Crippen LogP contribution in [-0.4, -0.2) is 62.5 Å². The van der Waals surface area contributed by atoms with Crippen molar-refractivity contribution in [3.63, 3.8) is 0 Å². The molecule has 0 saturated heterocycles.